The van der Waals surface area contributed by atoms with Crippen LogP contribution >= 0.6 is 15.9 Å². The maximum Gasteiger partial charge on any atom is 0.300 e. The summed E-state index contributed by atoms with van der Waals surface area (Å²) in [6.07, 6.45) is -6.78. The lowest BCUT2D eigenvalue weighted by atomic mass is 9.98. The van der Waals surface area contributed by atoms with E-state index in [-0.39, 0.29) is 16.3 Å². The summed E-state index contributed by atoms with van der Waals surface area (Å²) in [7, 11) is 2.81. The summed E-state index contributed by atoms with van der Waals surface area (Å²) in [6.45, 7) is -0.558. The van der Waals surface area contributed by atoms with Gasteiger partial charge in [-0.05, 0) is 15.9 Å². The number of ether oxygens (including phenoxy) is 2. The van der Waals surface area contributed by atoms with Gasteiger partial charge in [0, 0.05) is 7.05 Å². The number of nitrogens with one attached hydrogen (secondary N) is 1. The second-order valence-electron chi connectivity index (χ2n) is 5.02. The van der Waals surface area contributed by atoms with Gasteiger partial charge in [0.05, 0.1) is 13.7 Å². The number of halogens is 1. The second kappa shape index (κ2) is 7.11. The number of aromatic nitrogens is 2. The molecule has 1 aromatic rings. The molecule has 1 aromatic heterocycles. The molecule has 0 aliphatic carbocycles. The van der Waals surface area contributed by atoms with E-state index in [1.54, 1.807) is 0 Å². The molecule has 0 saturated carbocycles. The number of anilines is 1. The van der Waals surface area contributed by atoms with Crippen LogP contribution in [-0.4, -0.2) is 74.3 Å². The van der Waals surface area contributed by atoms with Gasteiger partial charge in [0.25, 0.3) is 5.56 Å². The van der Waals surface area contributed by atoms with Gasteiger partial charge < -0.3 is 35.2 Å². The molecule has 2 heterocycles. The minimum atomic E-state index is -1.54. The van der Waals surface area contributed by atoms with Crippen molar-refractivity contribution in [1.82, 2.24) is 9.55 Å². The summed E-state index contributed by atoms with van der Waals surface area (Å²) in [6, 6.07) is 0.0188. The molecule has 2 rings (SSSR count). The van der Waals surface area contributed by atoms with E-state index in [2.05, 4.69) is 26.2 Å². The number of hydrogen-bond donors (Lipinski definition) is 5. The van der Waals surface area contributed by atoms with Crippen LogP contribution in [0.15, 0.2) is 9.27 Å². The van der Waals surface area contributed by atoms with Crippen molar-refractivity contribution in [1.29, 1.82) is 0 Å². The number of aliphatic hydroxyl groups is 4. The van der Waals surface area contributed by atoms with Crippen molar-refractivity contribution in [2.45, 2.75) is 30.6 Å². The Morgan fingerprint density at radius 2 is 2.00 bits per heavy atom. The monoisotopic (exact) mass is 395 g/mol. The van der Waals surface area contributed by atoms with Crippen LogP contribution in [0, 0.1) is 0 Å². The Bertz CT molecular complexity index is 623. The highest BCUT2D eigenvalue weighted by molar-refractivity contribution is 9.10. The zero-order chi connectivity index (χ0) is 17.3. The molecule has 0 bridgehead atoms. The first-order chi connectivity index (χ1) is 10.8. The average molecular weight is 396 g/mol. The van der Waals surface area contributed by atoms with Gasteiger partial charge >= 0.3 is 6.01 Å². The molecule has 130 valence electrons. The Kier molecular flexibility index (Phi) is 5.60. The Balaban J connectivity index is 2.31. The number of methoxy groups -OCH3 is 1. The van der Waals surface area contributed by atoms with Gasteiger partial charge in [-0.2, -0.15) is 4.98 Å². The maximum absolute atomic E-state index is 12.1. The fraction of sp³-hybridized carbons (Fsp3) is 0.667. The van der Waals surface area contributed by atoms with Gasteiger partial charge in [0.1, 0.15) is 28.9 Å². The van der Waals surface area contributed by atoms with E-state index in [0.717, 1.165) is 0 Å². The van der Waals surface area contributed by atoms with E-state index in [4.69, 9.17) is 14.6 Å². The van der Waals surface area contributed by atoms with Crippen molar-refractivity contribution in [2.75, 3.05) is 19.0 Å². The number of aliphatic hydroxyl groups excluding tert-OH is 4. The van der Waals surface area contributed by atoms with E-state index in [0.29, 0.717) is 0 Å². The van der Waals surface area contributed by atoms with Crippen LogP contribution in [0.3, 0.4) is 0 Å². The fourth-order valence-electron chi connectivity index (χ4n) is 2.19. The Hall–Kier alpha value is -1.24. The first kappa shape index (κ1) is 18.1. The van der Waals surface area contributed by atoms with Crippen LogP contribution in [0.5, 0.6) is 6.01 Å². The lowest BCUT2D eigenvalue weighted by Crippen LogP contribution is -2.60. The van der Waals surface area contributed by atoms with Gasteiger partial charge in [0.15, 0.2) is 12.0 Å². The third-order valence-electron chi connectivity index (χ3n) is 3.55. The van der Waals surface area contributed by atoms with Crippen LogP contribution in [0.1, 0.15) is 0 Å². The number of hydrogen-bond acceptors (Lipinski definition) is 9. The quantitative estimate of drug-likeness (QED) is 0.381. The molecule has 1 aliphatic rings. The van der Waals surface area contributed by atoms with Gasteiger partial charge in [-0.25, -0.2) is 0 Å². The van der Waals surface area contributed by atoms with E-state index < -0.39 is 42.8 Å². The summed E-state index contributed by atoms with van der Waals surface area (Å²) in [5, 5.41) is 41.3. The molecule has 0 spiro atoms. The zero-order valence-corrected chi connectivity index (χ0v) is 14.0. The van der Waals surface area contributed by atoms with Crippen LogP contribution in [0.4, 0.5) is 5.82 Å². The minimum absolute atomic E-state index is 0.0188. The smallest absolute Gasteiger partial charge is 0.300 e. The molecule has 11 heteroatoms. The Labute approximate surface area is 139 Å². The summed E-state index contributed by atoms with van der Waals surface area (Å²) in [5.41, 5.74) is -0.441. The van der Waals surface area contributed by atoms with E-state index in [1.807, 2.05) is 0 Å². The molecule has 5 unspecified atom stereocenters. The molecule has 10 nitrogen and oxygen atoms in total. The molecular weight excluding hydrogens is 378 g/mol. The Morgan fingerprint density at radius 3 is 2.57 bits per heavy atom. The van der Waals surface area contributed by atoms with Crippen molar-refractivity contribution in [3.8, 4) is 6.01 Å². The van der Waals surface area contributed by atoms with Crippen LogP contribution in [-0.2, 0) is 11.8 Å². The topological polar surface area (TPSA) is 146 Å². The lowest BCUT2D eigenvalue weighted by molar-refractivity contribution is -0.221. The molecule has 1 fully saturated rings. The Morgan fingerprint density at radius 1 is 1.35 bits per heavy atom. The lowest BCUT2D eigenvalue weighted by Gasteiger charge is -2.40. The first-order valence-corrected chi connectivity index (χ1v) is 7.48. The number of rotatable bonds is 4. The largest absolute Gasteiger partial charge is 0.468 e. The van der Waals surface area contributed by atoms with Crippen molar-refractivity contribution in [3.05, 3.63) is 14.8 Å². The normalized spacial score (nSPS) is 31.0. The van der Waals surface area contributed by atoms with Crippen molar-refractivity contribution < 1.29 is 29.9 Å². The second-order valence-corrected chi connectivity index (χ2v) is 5.81. The van der Waals surface area contributed by atoms with Gasteiger partial charge in [-0.1, -0.05) is 0 Å². The summed E-state index contributed by atoms with van der Waals surface area (Å²) < 4.78 is 11.5. The van der Waals surface area contributed by atoms with Crippen LogP contribution in [0.25, 0.3) is 0 Å². The third-order valence-corrected chi connectivity index (χ3v) is 4.26. The van der Waals surface area contributed by atoms with E-state index >= 15 is 0 Å². The van der Waals surface area contributed by atoms with Crippen molar-refractivity contribution >= 4 is 21.7 Å². The molecule has 23 heavy (non-hydrogen) atoms. The maximum atomic E-state index is 12.1. The number of nitrogens with zero attached hydrogens (tertiary/aromatic N) is 2. The molecule has 0 radical (unpaired) electrons. The van der Waals surface area contributed by atoms with Gasteiger partial charge in [-0.3, -0.25) is 9.36 Å². The third kappa shape index (κ3) is 3.34. The summed E-state index contributed by atoms with van der Waals surface area (Å²) in [5.74, 6) is 0.0225. The van der Waals surface area contributed by atoms with E-state index in [9.17, 15) is 20.1 Å². The average Bonchev–Trinajstić information content (AvgIpc) is 2.55. The SMILES string of the molecule is COc1nc(NC2OC(CO)C(O)C(O)C2O)c(Br)c(=O)n1C. The first-order valence-electron chi connectivity index (χ1n) is 6.69. The zero-order valence-electron chi connectivity index (χ0n) is 12.4. The molecule has 5 N–H and O–H groups in total. The van der Waals surface area contributed by atoms with Gasteiger partial charge in [-0.15, -0.1) is 0 Å². The molecule has 5 atom stereocenters. The van der Waals surface area contributed by atoms with Crippen LogP contribution < -0.4 is 15.6 Å². The predicted octanol–water partition coefficient (Wildman–Crippen LogP) is -2.24. The summed E-state index contributed by atoms with van der Waals surface area (Å²) >= 11 is 3.09. The summed E-state index contributed by atoms with van der Waals surface area (Å²) in [4.78, 5) is 16.1. The van der Waals surface area contributed by atoms with Gasteiger partial charge in [0.2, 0.25) is 0 Å². The fourth-order valence-corrected chi connectivity index (χ4v) is 2.66. The highest BCUT2D eigenvalue weighted by Gasteiger charge is 2.43. The van der Waals surface area contributed by atoms with Crippen molar-refractivity contribution in [3.63, 3.8) is 0 Å². The van der Waals surface area contributed by atoms with E-state index in [1.165, 1.54) is 18.7 Å². The van der Waals surface area contributed by atoms with Crippen molar-refractivity contribution in [2.24, 2.45) is 7.05 Å². The molecule has 1 saturated heterocycles. The minimum Gasteiger partial charge on any atom is -0.468 e. The molecule has 0 aromatic carbocycles. The highest BCUT2D eigenvalue weighted by Crippen LogP contribution is 2.25. The molecule has 0 amide bonds. The standard InChI is InChI=1S/C12H18BrN3O7/c1-16-11(21)5(13)9(15-12(16)22-2)14-10-8(20)7(19)6(18)4(3-17)23-10/h4,6-8,10,14,17-20H,3H2,1-2H3. The molecule has 1 aliphatic heterocycles. The molecular formula is C12H18BrN3O7. The highest BCUT2D eigenvalue weighted by atomic mass is 79.9. The predicted molar refractivity (Wildman–Crippen MR) is 81.1 cm³/mol. The van der Waals surface area contributed by atoms with Crippen LogP contribution in [0.2, 0.25) is 0 Å².